The number of sulfonamides is 1. The fourth-order valence-corrected chi connectivity index (χ4v) is 4.67. The number of rotatable bonds is 5. The summed E-state index contributed by atoms with van der Waals surface area (Å²) in [6.45, 7) is 2.28. The van der Waals surface area contributed by atoms with Crippen LogP contribution >= 0.6 is 15.9 Å². The number of benzene rings is 1. The summed E-state index contributed by atoms with van der Waals surface area (Å²) in [6, 6.07) is 3.26. The van der Waals surface area contributed by atoms with Gasteiger partial charge in [-0.05, 0) is 52.9 Å². The molecule has 0 amide bonds. The lowest BCUT2D eigenvalue weighted by molar-refractivity contribution is 0.339. The van der Waals surface area contributed by atoms with Crippen LogP contribution in [0.4, 0.5) is 5.69 Å². The summed E-state index contributed by atoms with van der Waals surface area (Å²) in [6.07, 6.45) is 7.25. The van der Waals surface area contributed by atoms with Crippen LogP contribution in [0.3, 0.4) is 0 Å². The highest BCUT2D eigenvalue weighted by molar-refractivity contribution is 9.10. The first-order valence-electron chi connectivity index (χ1n) is 7.45. The lowest BCUT2D eigenvalue weighted by Crippen LogP contribution is -2.27. The van der Waals surface area contributed by atoms with E-state index in [0.717, 1.165) is 10.9 Å². The topological polar surface area (TPSA) is 72.2 Å². The molecule has 2 rings (SSSR count). The Morgan fingerprint density at radius 3 is 2.62 bits per heavy atom. The highest BCUT2D eigenvalue weighted by Crippen LogP contribution is 2.28. The molecule has 3 N–H and O–H groups in total. The van der Waals surface area contributed by atoms with E-state index in [1.54, 1.807) is 13.0 Å². The Hall–Kier alpha value is -0.590. The molecule has 0 heterocycles. The molecule has 0 unspecified atom stereocenters. The standard InChI is InChI=1S/C15H23BrN2O2S/c1-11-9-13(16)14(17)10-15(11)21(19,20)18-8-7-12-5-3-2-4-6-12/h9-10,12,18H,2-8,17H2,1H3. The van der Waals surface area contributed by atoms with Crippen LogP contribution in [0.15, 0.2) is 21.5 Å². The molecule has 1 saturated carbocycles. The Bertz CT molecular complexity index is 596. The molecule has 118 valence electrons. The average molecular weight is 375 g/mol. The number of nitrogens with two attached hydrogens (primary N) is 1. The van der Waals surface area contributed by atoms with Gasteiger partial charge >= 0.3 is 0 Å². The van der Waals surface area contributed by atoms with Crippen LogP contribution in [-0.2, 0) is 10.0 Å². The normalized spacial score (nSPS) is 17.0. The second kappa shape index (κ2) is 7.11. The summed E-state index contributed by atoms with van der Waals surface area (Å²) in [7, 11) is -3.48. The zero-order chi connectivity index (χ0) is 15.5. The van der Waals surface area contributed by atoms with Crippen LogP contribution in [0.1, 0.15) is 44.1 Å². The number of nitrogens with one attached hydrogen (secondary N) is 1. The molecule has 0 spiro atoms. The second-order valence-electron chi connectivity index (χ2n) is 5.83. The molecule has 21 heavy (non-hydrogen) atoms. The number of aryl methyl sites for hydroxylation is 1. The van der Waals surface area contributed by atoms with Crippen molar-refractivity contribution in [2.75, 3.05) is 12.3 Å². The molecular formula is C15H23BrN2O2S. The van der Waals surface area contributed by atoms with Crippen LogP contribution in [0, 0.1) is 12.8 Å². The molecule has 0 aliphatic heterocycles. The maximum Gasteiger partial charge on any atom is 0.240 e. The molecule has 0 aromatic heterocycles. The predicted molar refractivity (Wildman–Crippen MR) is 89.7 cm³/mol. The van der Waals surface area contributed by atoms with Crippen LogP contribution < -0.4 is 10.5 Å². The lowest BCUT2D eigenvalue weighted by atomic mass is 9.87. The summed E-state index contributed by atoms with van der Waals surface area (Å²) in [5.41, 5.74) is 6.93. The third kappa shape index (κ3) is 4.44. The van der Waals surface area contributed by atoms with Gasteiger partial charge in [0.2, 0.25) is 10.0 Å². The number of hydrogen-bond donors (Lipinski definition) is 2. The highest BCUT2D eigenvalue weighted by Gasteiger charge is 2.19. The molecule has 1 aliphatic rings. The minimum atomic E-state index is -3.48. The molecule has 0 saturated heterocycles. The minimum absolute atomic E-state index is 0.270. The molecule has 1 fully saturated rings. The van der Waals surface area contributed by atoms with Gasteiger partial charge < -0.3 is 5.73 Å². The molecule has 6 heteroatoms. The summed E-state index contributed by atoms with van der Waals surface area (Å²) < 4.78 is 28.2. The van der Waals surface area contributed by atoms with E-state index in [4.69, 9.17) is 5.73 Å². The van der Waals surface area contributed by atoms with Crippen molar-refractivity contribution in [2.45, 2.75) is 50.3 Å². The maximum absolute atomic E-state index is 12.4. The number of anilines is 1. The Labute approximate surface area is 135 Å². The Kier molecular flexibility index (Phi) is 5.68. The van der Waals surface area contributed by atoms with Crippen LogP contribution in [0.2, 0.25) is 0 Å². The molecule has 4 nitrogen and oxygen atoms in total. The second-order valence-corrected chi connectivity index (χ2v) is 8.42. The molecular weight excluding hydrogens is 352 g/mol. The first-order valence-corrected chi connectivity index (χ1v) is 9.73. The molecule has 1 aromatic carbocycles. The van der Waals surface area contributed by atoms with Gasteiger partial charge in [-0.1, -0.05) is 32.1 Å². The number of hydrogen-bond acceptors (Lipinski definition) is 3. The van der Waals surface area contributed by atoms with Crippen molar-refractivity contribution in [1.29, 1.82) is 0 Å². The van der Waals surface area contributed by atoms with E-state index in [9.17, 15) is 8.42 Å². The van der Waals surface area contributed by atoms with Crippen LogP contribution in [-0.4, -0.2) is 15.0 Å². The van der Waals surface area contributed by atoms with Gasteiger partial charge in [-0.25, -0.2) is 13.1 Å². The van der Waals surface area contributed by atoms with Crippen molar-refractivity contribution in [3.8, 4) is 0 Å². The average Bonchev–Trinajstić information content (AvgIpc) is 2.43. The minimum Gasteiger partial charge on any atom is -0.398 e. The van der Waals surface area contributed by atoms with Crippen molar-refractivity contribution in [1.82, 2.24) is 4.72 Å². The Balaban J connectivity index is 1.99. The van der Waals surface area contributed by atoms with Crippen molar-refractivity contribution in [3.05, 3.63) is 22.2 Å². The van der Waals surface area contributed by atoms with Gasteiger partial charge in [0, 0.05) is 16.7 Å². The maximum atomic E-state index is 12.4. The predicted octanol–water partition coefficient (Wildman–Crippen LogP) is 3.59. The first-order chi connectivity index (χ1) is 9.90. The molecule has 0 radical (unpaired) electrons. The monoisotopic (exact) mass is 374 g/mol. The molecule has 0 atom stereocenters. The first kappa shape index (κ1) is 16.8. The third-order valence-corrected chi connectivity index (χ3v) is 6.44. The van der Waals surface area contributed by atoms with Gasteiger partial charge in [-0.15, -0.1) is 0 Å². The van der Waals surface area contributed by atoms with Crippen LogP contribution in [0.25, 0.3) is 0 Å². The zero-order valence-electron chi connectivity index (χ0n) is 12.4. The third-order valence-electron chi connectivity index (χ3n) is 4.15. The molecule has 1 aromatic rings. The quantitative estimate of drug-likeness (QED) is 0.773. The van der Waals surface area contributed by atoms with E-state index in [-0.39, 0.29) is 4.90 Å². The number of nitrogen functional groups attached to an aromatic ring is 1. The molecule has 1 aliphatic carbocycles. The van der Waals surface area contributed by atoms with Gasteiger partial charge in [0.15, 0.2) is 0 Å². The van der Waals surface area contributed by atoms with E-state index in [2.05, 4.69) is 20.7 Å². The van der Waals surface area contributed by atoms with E-state index < -0.39 is 10.0 Å². The van der Waals surface area contributed by atoms with E-state index in [0.29, 0.717) is 23.7 Å². The van der Waals surface area contributed by atoms with E-state index >= 15 is 0 Å². The van der Waals surface area contributed by atoms with Crippen molar-refractivity contribution < 1.29 is 8.42 Å². The summed E-state index contributed by atoms with van der Waals surface area (Å²) in [4.78, 5) is 0.270. The summed E-state index contributed by atoms with van der Waals surface area (Å²) in [5, 5.41) is 0. The van der Waals surface area contributed by atoms with Crippen molar-refractivity contribution in [2.24, 2.45) is 5.92 Å². The van der Waals surface area contributed by atoms with Crippen LogP contribution in [0.5, 0.6) is 0 Å². The SMILES string of the molecule is Cc1cc(Br)c(N)cc1S(=O)(=O)NCCC1CCCCC1. The highest BCUT2D eigenvalue weighted by atomic mass is 79.9. The fraction of sp³-hybridized carbons (Fsp3) is 0.600. The smallest absolute Gasteiger partial charge is 0.240 e. The fourth-order valence-electron chi connectivity index (χ4n) is 2.91. The van der Waals surface area contributed by atoms with Gasteiger partial charge in [0.1, 0.15) is 0 Å². The Morgan fingerprint density at radius 2 is 1.95 bits per heavy atom. The van der Waals surface area contributed by atoms with Crippen molar-refractivity contribution in [3.63, 3.8) is 0 Å². The zero-order valence-corrected chi connectivity index (χ0v) is 14.8. The Morgan fingerprint density at radius 1 is 1.29 bits per heavy atom. The van der Waals surface area contributed by atoms with Crippen molar-refractivity contribution >= 4 is 31.6 Å². The van der Waals surface area contributed by atoms with Gasteiger partial charge in [0.25, 0.3) is 0 Å². The summed E-state index contributed by atoms with van der Waals surface area (Å²) >= 11 is 3.31. The van der Waals surface area contributed by atoms with Gasteiger partial charge in [-0.2, -0.15) is 0 Å². The largest absolute Gasteiger partial charge is 0.398 e. The number of halogens is 1. The molecule has 0 bridgehead atoms. The summed E-state index contributed by atoms with van der Waals surface area (Å²) in [5.74, 6) is 0.664. The van der Waals surface area contributed by atoms with Gasteiger partial charge in [-0.3, -0.25) is 0 Å². The van der Waals surface area contributed by atoms with Gasteiger partial charge in [0.05, 0.1) is 4.90 Å². The lowest BCUT2D eigenvalue weighted by Gasteiger charge is -2.21. The van der Waals surface area contributed by atoms with E-state index in [1.807, 2.05) is 0 Å². The van der Waals surface area contributed by atoms with E-state index in [1.165, 1.54) is 38.2 Å².